The third-order valence-electron chi connectivity index (χ3n) is 10.3. The van der Waals surface area contributed by atoms with Crippen LogP contribution in [-0.2, 0) is 0 Å². The van der Waals surface area contributed by atoms with E-state index in [1.807, 2.05) is 49.3 Å². The Morgan fingerprint density at radius 2 is 0.682 bits per heavy atom. The van der Waals surface area contributed by atoms with Crippen molar-refractivity contribution in [1.29, 1.82) is 0 Å². The summed E-state index contributed by atoms with van der Waals surface area (Å²) in [4.78, 5) is 16.8. The molecular weight excluding hydrogens is 536 g/mol. The number of hydrogen-bond donors (Lipinski definition) is 0. The molecule has 8 atom stereocenters. The highest BCUT2D eigenvalue weighted by molar-refractivity contribution is 5.42. The molecule has 0 radical (unpaired) electrons. The monoisotopic (exact) mass is 596 g/mol. The maximum Gasteiger partial charge on any atom is 0.0472 e. The first-order valence-corrected chi connectivity index (χ1v) is 15.0. The average Bonchev–Trinajstić information content (AvgIpc) is 3.03. The highest BCUT2D eigenvalue weighted by Crippen LogP contribution is 2.46. The first-order valence-electron chi connectivity index (χ1n) is 15.0. The molecule has 0 fully saturated rings. The van der Waals surface area contributed by atoms with E-state index in [1.165, 1.54) is 44.8 Å². The van der Waals surface area contributed by atoms with Crippen molar-refractivity contribution in [2.75, 3.05) is 0 Å². The van der Waals surface area contributed by atoms with Crippen LogP contribution in [0.15, 0.2) is 73.6 Å². The molecule has 4 nitrogen and oxygen atoms in total. The second-order valence-electron chi connectivity index (χ2n) is 12.3. The van der Waals surface area contributed by atoms with Gasteiger partial charge in [-0.1, -0.05) is 97.2 Å². The van der Waals surface area contributed by atoms with Crippen LogP contribution in [-0.4, -0.2) is 19.9 Å². The molecule has 0 saturated carbocycles. The molecule has 4 aliphatic rings. The minimum atomic E-state index is 0. The Balaban J connectivity index is 0.000000285. The average molecular weight is 597 g/mol. The van der Waals surface area contributed by atoms with Crippen LogP contribution in [0, 0.1) is 0 Å². The van der Waals surface area contributed by atoms with Crippen molar-refractivity contribution in [3.63, 3.8) is 0 Å². The molecule has 4 aliphatic carbocycles. The third kappa shape index (κ3) is 6.95. The maximum atomic E-state index is 4.30. The summed E-state index contributed by atoms with van der Waals surface area (Å²) in [6, 6.07) is 12.6. The molecule has 0 amide bonds. The number of aromatic nitrogens is 4. The second kappa shape index (κ2) is 16.1. The van der Waals surface area contributed by atoms with E-state index in [0.717, 1.165) is 35.5 Å². The standard InChI is InChI=1S/4C9H11N.4CH4/c2*1-6-7(2)9-5-10-4-3-8(6)9;2*1-6-7(2)9-8(6)4-3-5-10-9;;;;/h4*3-7H,1-2H3;4*1H4. The van der Waals surface area contributed by atoms with Gasteiger partial charge >= 0.3 is 0 Å². The summed E-state index contributed by atoms with van der Waals surface area (Å²) in [5.41, 5.74) is 11.3. The molecule has 240 valence electrons. The summed E-state index contributed by atoms with van der Waals surface area (Å²) in [5, 5.41) is 0. The largest absolute Gasteiger partial charge is 0.264 e. The minimum absolute atomic E-state index is 0. The van der Waals surface area contributed by atoms with Crippen LogP contribution in [0.2, 0.25) is 0 Å². The third-order valence-corrected chi connectivity index (χ3v) is 10.3. The van der Waals surface area contributed by atoms with Gasteiger partial charge < -0.3 is 0 Å². The molecular formula is C40H60N4. The first kappa shape index (κ1) is 38.6. The topological polar surface area (TPSA) is 51.6 Å². The van der Waals surface area contributed by atoms with Gasteiger partial charge in [0.05, 0.1) is 0 Å². The smallest absolute Gasteiger partial charge is 0.0472 e. The number of pyridine rings is 4. The van der Waals surface area contributed by atoms with Crippen molar-refractivity contribution < 1.29 is 0 Å². The van der Waals surface area contributed by atoms with Gasteiger partial charge in [0.1, 0.15) is 0 Å². The Bertz CT molecular complexity index is 1130. The molecule has 4 aromatic rings. The Hall–Kier alpha value is -3.40. The SMILES string of the molecule is C.C.C.C.CC1c2cccnc2C1C.CC1c2cccnc2C1C.CC1c2ccncc2C1C.CC1c2ccncc2C1C. The van der Waals surface area contributed by atoms with Crippen LogP contribution in [0.1, 0.15) is 177 Å². The van der Waals surface area contributed by atoms with Crippen LogP contribution >= 0.6 is 0 Å². The predicted octanol–water partition coefficient (Wildman–Crippen LogP) is 11.8. The summed E-state index contributed by atoms with van der Waals surface area (Å²) >= 11 is 0. The molecule has 8 unspecified atom stereocenters. The van der Waals surface area contributed by atoms with Gasteiger partial charge in [-0.2, -0.15) is 0 Å². The second-order valence-corrected chi connectivity index (χ2v) is 12.3. The van der Waals surface area contributed by atoms with E-state index in [0.29, 0.717) is 11.8 Å². The fourth-order valence-corrected chi connectivity index (χ4v) is 6.52. The molecule has 0 saturated heterocycles. The van der Waals surface area contributed by atoms with E-state index in [1.54, 1.807) is 0 Å². The molecule has 0 bridgehead atoms. The molecule has 0 spiro atoms. The zero-order chi connectivity index (χ0) is 28.6. The lowest BCUT2D eigenvalue weighted by Gasteiger charge is -2.33. The van der Waals surface area contributed by atoms with Gasteiger partial charge in [-0.05, 0) is 93.2 Å². The number of nitrogens with zero attached hydrogens (tertiary/aromatic N) is 4. The van der Waals surface area contributed by atoms with Crippen LogP contribution < -0.4 is 0 Å². The van der Waals surface area contributed by atoms with Crippen molar-refractivity contribution in [2.24, 2.45) is 0 Å². The predicted molar refractivity (Wildman–Crippen MR) is 191 cm³/mol. The van der Waals surface area contributed by atoms with Crippen LogP contribution in [0.4, 0.5) is 0 Å². The highest BCUT2D eigenvalue weighted by Gasteiger charge is 2.32. The normalized spacial score (nSPS) is 26.4. The fraction of sp³-hybridized carbons (Fsp3) is 0.500. The summed E-state index contributed by atoms with van der Waals surface area (Å²) in [7, 11) is 0. The van der Waals surface area contributed by atoms with Gasteiger partial charge in [0, 0.05) is 60.4 Å². The fourth-order valence-electron chi connectivity index (χ4n) is 6.52. The van der Waals surface area contributed by atoms with Gasteiger partial charge in [-0.3, -0.25) is 19.9 Å². The number of fused-ring (bicyclic) bond motifs is 4. The molecule has 4 heterocycles. The van der Waals surface area contributed by atoms with Crippen molar-refractivity contribution >= 4 is 0 Å². The van der Waals surface area contributed by atoms with E-state index in [4.69, 9.17) is 0 Å². The Morgan fingerprint density at radius 1 is 0.364 bits per heavy atom. The van der Waals surface area contributed by atoms with Gasteiger partial charge in [0.2, 0.25) is 0 Å². The van der Waals surface area contributed by atoms with Crippen LogP contribution in [0.25, 0.3) is 0 Å². The zero-order valence-corrected chi connectivity index (χ0v) is 25.3. The Kier molecular flexibility index (Phi) is 14.1. The molecule has 44 heavy (non-hydrogen) atoms. The number of hydrogen-bond acceptors (Lipinski definition) is 4. The van der Waals surface area contributed by atoms with Crippen molar-refractivity contribution in [3.8, 4) is 0 Å². The molecule has 0 N–H and O–H groups in total. The lowest BCUT2D eigenvalue weighted by Crippen LogP contribution is -2.20. The maximum absolute atomic E-state index is 4.30. The van der Waals surface area contributed by atoms with Crippen molar-refractivity contribution in [3.05, 3.63) is 118 Å². The summed E-state index contributed by atoms with van der Waals surface area (Å²) in [6.07, 6.45) is 11.5. The first-order chi connectivity index (χ1) is 19.2. The zero-order valence-electron chi connectivity index (χ0n) is 25.3. The highest BCUT2D eigenvalue weighted by atomic mass is 14.7. The van der Waals surface area contributed by atoms with Crippen LogP contribution in [0.5, 0.6) is 0 Å². The van der Waals surface area contributed by atoms with E-state index < -0.39 is 0 Å². The van der Waals surface area contributed by atoms with Gasteiger partial charge in [-0.25, -0.2) is 0 Å². The van der Waals surface area contributed by atoms with Crippen LogP contribution in [0.3, 0.4) is 0 Å². The molecule has 4 aromatic heterocycles. The van der Waals surface area contributed by atoms with E-state index >= 15 is 0 Å². The molecule has 0 aromatic carbocycles. The molecule has 4 heteroatoms. The van der Waals surface area contributed by atoms with Gasteiger partial charge in [0.25, 0.3) is 0 Å². The Labute approximate surface area is 270 Å². The van der Waals surface area contributed by atoms with Gasteiger partial charge in [-0.15, -0.1) is 0 Å². The molecule has 0 aliphatic heterocycles. The summed E-state index contributed by atoms with van der Waals surface area (Å²) < 4.78 is 0. The van der Waals surface area contributed by atoms with E-state index in [-0.39, 0.29) is 29.7 Å². The summed E-state index contributed by atoms with van der Waals surface area (Å²) in [6.45, 7) is 18.0. The van der Waals surface area contributed by atoms with Crippen molar-refractivity contribution in [1.82, 2.24) is 19.9 Å². The lowest BCUT2D eigenvalue weighted by molar-refractivity contribution is 0.521. The quantitative estimate of drug-likeness (QED) is 0.203. The van der Waals surface area contributed by atoms with Crippen molar-refractivity contribution in [2.45, 2.75) is 132 Å². The lowest BCUT2D eigenvalue weighted by atomic mass is 9.71. The van der Waals surface area contributed by atoms with Gasteiger partial charge in [0.15, 0.2) is 0 Å². The summed E-state index contributed by atoms with van der Waals surface area (Å²) in [5.74, 6) is 5.75. The van der Waals surface area contributed by atoms with E-state index in [2.05, 4.69) is 99.6 Å². The van der Waals surface area contributed by atoms with E-state index in [9.17, 15) is 0 Å². The molecule has 8 rings (SSSR count). The number of rotatable bonds is 0. The minimum Gasteiger partial charge on any atom is -0.264 e. The Morgan fingerprint density at radius 3 is 1.00 bits per heavy atom.